The lowest BCUT2D eigenvalue weighted by Crippen LogP contribution is -2.49. The second-order valence-electron chi connectivity index (χ2n) is 8.63. The third-order valence-electron chi connectivity index (χ3n) is 6.26. The highest BCUT2D eigenvalue weighted by molar-refractivity contribution is 5.90. The summed E-state index contributed by atoms with van der Waals surface area (Å²) in [6.07, 6.45) is 1.49. The molecule has 0 aromatic heterocycles. The van der Waals surface area contributed by atoms with Gasteiger partial charge in [-0.3, -0.25) is 4.79 Å². The minimum Gasteiger partial charge on any atom is -0.497 e. The number of carbonyl (C=O) groups excluding carboxylic acids is 2. The third kappa shape index (κ3) is 6.16. The highest BCUT2D eigenvalue weighted by Crippen LogP contribution is 2.31. The van der Waals surface area contributed by atoms with E-state index in [0.717, 1.165) is 12.0 Å². The number of hydrogen-bond donors (Lipinski definition) is 2. The second kappa shape index (κ2) is 11.4. The van der Waals surface area contributed by atoms with Crippen LogP contribution in [0.4, 0.5) is 10.5 Å². The van der Waals surface area contributed by atoms with E-state index in [4.69, 9.17) is 4.74 Å². The van der Waals surface area contributed by atoms with Crippen LogP contribution in [0.15, 0.2) is 84.9 Å². The molecule has 4 rings (SSSR count). The van der Waals surface area contributed by atoms with Gasteiger partial charge in [0, 0.05) is 37.3 Å². The number of likely N-dealkylation sites (tertiary alicyclic amines) is 1. The van der Waals surface area contributed by atoms with Crippen LogP contribution in [-0.4, -0.2) is 43.6 Å². The van der Waals surface area contributed by atoms with E-state index < -0.39 is 0 Å². The van der Waals surface area contributed by atoms with E-state index >= 15 is 0 Å². The lowest BCUT2D eigenvalue weighted by molar-refractivity contribution is -0.126. The van der Waals surface area contributed by atoms with Gasteiger partial charge in [-0.2, -0.15) is 0 Å². The van der Waals surface area contributed by atoms with Crippen LogP contribution < -0.4 is 15.4 Å². The van der Waals surface area contributed by atoms with Crippen molar-refractivity contribution in [2.24, 2.45) is 5.92 Å². The van der Waals surface area contributed by atoms with E-state index in [0.29, 0.717) is 37.5 Å². The first-order chi connectivity index (χ1) is 16.6. The van der Waals surface area contributed by atoms with Crippen LogP contribution in [0, 0.1) is 5.92 Å². The molecule has 3 aromatic carbocycles. The fourth-order valence-electron chi connectivity index (χ4n) is 4.44. The monoisotopic (exact) mass is 457 g/mol. The number of carbonyl (C=O) groups is 2. The normalized spacial score (nSPS) is 17.6. The second-order valence-corrected chi connectivity index (χ2v) is 8.63. The number of methoxy groups -OCH3 is 1. The summed E-state index contributed by atoms with van der Waals surface area (Å²) in [6, 6.07) is 27.3. The lowest BCUT2D eigenvalue weighted by Gasteiger charge is -2.37. The first kappa shape index (κ1) is 23.4. The molecule has 1 aliphatic rings. The number of anilines is 1. The molecular formula is C28H31N3O3. The number of amides is 3. The number of hydrogen-bond acceptors (Lipinski definition) is 3. The average Bonchev–Trinajstić information content (AvgIpc) is 2.89. The summed E-state index contributed by atoms with van der Waals surface area (Å²) in [4.78, 5) is 28.0. The first-order valence-corrected chi connectivity index (χ1v) is 11.7. The SMILES string of the molecule is COc1cccc(NC(=O)N2C[C@H](C(=O)NCCc3ccccc3)C[C@H](c3ccccc3)C2)c1. The Balaban J connectivity index is 1.44. The molecule has 2 N–H and O–H groups in total. The van der Waals surface area contributed by atoms with Gasteiger partial charge in [0.2, 0.25) is 5.91 Å². The average molecular weight is 458 g/mol. The zero-order valence-corrected chi connectivity index (χ0v) is 19.4. The number of piperidine rings is 1. The van der Waals surface area contributed by atoms with E-state index in [1.807, 2.05) is 54.6 Å². The molecule has 176 valence electrons. The minimum atomic E-state index is -0.272. The third-order valence-corrected chi connectivity index (χ3v) is 6.26. The molecule has 3 amide bonds. The van der Waals surface area contributed by atoms with Gasteiger partial charge in [0.05, 0.1) is 13.0 Å². The summed E-state index contributed by atoms with van der Waals surface area (Å²) in [5.74, 6) is 0.492. The van der Waals surface area contributed by atoms with E-state index in [1.165, 1.54) is 5.56 Å². The van der Waals surface area contributed by atoms with Gasteiger partial charge in [0.25, 0.3) is 0 Å². The Kier molecular flexibility index (Phi) is 7.81. The van der Waals surface area contributed by atoms with Crippen molar-refractivity contribution in [2.75, 3.05) is 32.1 Å². The molecule has 1 fully saturated rings. The summed E-state index contributed by atoms with van der Waals surface area (Å²) in [5.41, 5.74) is 2.99. The Morgan fingerprint density at radius 2 is 1.68 bits per heavy atom. The number of urea groups is 1. The van der Waals surface area contributed by atoms with Crippen molar-refractivity contribution < 1.29 is 14.3 Å². The molecular weight excluding hydrogens is 426 g/mol. The Hall–Kier alpha value is -3.80. The molecule has 1 saturated heterocycles. The quantitative estimate of drug-likeness (QED) is 0.541. The molecule has 6 nitrogen and oxygen atoms in total. The van der Waals surface area contributed by atoms with Gasteiger partial charge in [-0.1, -0.05) is 66.7 Å². The van der Waals surface area contributed by atoms with Gasteiger partial charge < -0.3 is 20.3 Å². The summed E-state index contributed by atoms with van der Waals surface area (Å²) in [6.45, 7) is 1.52. The van der Waals surface area contributed by atoms with Gasteiger partial charge in [-0.15, -0.1) is 0 Å². The standard InChI is InChI=1S/C28H31N3O3/c1-34-26-14-8-13-25(18-26)30-28(33)31-19-23(22-11-6-3-7-12-22)17-24(20-31)27(32)29-16-15-21-9-4-2-5-10-21/h2-14,18,23-24H,15-17,19-20H2,1H3,(H,29,32)(H,30,33)/t23-,24+/m0/s1. The molecule has 2 atom stereocenters. The van der Waals surface area contributed by atoms with E-state index in [9.17, 15) is 9.59 Å². The molecule has 1 aliphatic heterocycles. The fourth-order valence-corrected chi connectivity index (χ4v) is 4.44. The summed E-state index contributed by atoms with van der Waals surface area (Å²) in [7, 11) is 1.59. The summed E-state index contributed by atoms with van der Waals surface area (Å²) >= 11 is 0. The van der Waals surface area contributed by atoms with E-state index in [2.05, 4.69) is 34.9 Å². The summed E-state index contributed by atoms with van der Waals surface area (Å²) in [5, 5.41) is 6.04. The number of benzene rings is 3. The molecule has 3 aromatic rings. The number of nitrogens with zero attached hydrogens (tertiary/aromatic N) is 1. The molecule has 0 bridgehead atoms. The van der Waals surface area contributed by atoms with E-state index in [-0.39, 0.29) is 23.8 Å². The van der Waals surface area contributed by atoms with Crippen LogP contribution in [0.2, 0.25) is 0 Å². The molecule has 0 spiro atoms. The van der Waals surface area contributed by atoms with Crippen LogP contribution in [0.1, 0.15) is 23.5 Å². The Labute approximate surface area is 200 Å². The number of rotatable bonds is 7. The smallest absolute Gasteiger partial charge is 0.321 e. The maximum atomic E-state index is 13.2. The zero-order chi connectivity index (χ0) is 23.8. The largest absolute Gasteiger partial charge is 0.497 e. The van der Waals surface area contributed by atoms with Gasteiger partial charge in [-0.25, -0.2) is 4.79 Å². The Morgan fingerprint density at radius 3 is 2.41 bits per heavy atom. The van der Waals surface area contributed by atoms with Crippen molar-refractivity contribution in [3.8, 4) is 5.75 Å². The van der Waals surface area contributed by atoms with Crippen LogP contribution in [0.5, 0.6) is 5.75 Å². The zero-order valence-electron chi connectivity index (χ0n) is 19.4. The topological polar surface area (TPSA) is 70.7 Å². The summed E-state index contributed by atoms with van der Waals surface area (Å²) < 4.78 is 5.26. The molecule has 0 saturated carbocycles. The first-order valence-electron chi connectivity index (χ1n) is 11.7. The predicted molar refractivity (Wildman–Crippen MR) is 134 cm³/mol. The highest BCUT2D eigenvalue weighted by atomic mass is 16.5. The van der Waals surface area contributed by atoms with Crippen molar-refractivity contribution in [1.29, 1.82) is 0 Å². The molecule has 6 heteroatoms. The maximum Gasteiger partial charge on any atom is 0.321 e. The van der Waals surface area contributed by atoms with Crippen molar-refractivity contribution >= 4 is 17.6 Å². The van der Waals surface area contributed by atoms with Crippen molar-refractivity contribution in [3.63, 3.8) is 0 Å². The Bertz CT molecular complexity index is 1090. The predicted octanol–water partition coefficient (Wildman–Crippen LogP) is 4.69. The molecule has 0 radical (unpaired) electrons. The van der Waals surface area contributed by atoms with Crippen LogP contribution in [0.25, 0.3) is 0 Å². The molecule has 34 heavy (non-hydrogen) atoms. The highest BCUT2D eigenvalue weighted by Gasteiger charge is 2.34. The Morgan fingerprint density at radius 1 is 0.941 bits per heavy atom. The van der Waals surface area contributed by atoms with Gasteiger partial charge in [0.15, 0.2) is 0 Å². The lowest BCUT2D eigenvalue weighted by atomic mass is 9.84. The van der Waals surface area contributed by atoms with Gasteiger partial charge in [0.1, 0.15) is 5.75 Å². The van der Waals surface area contributed by atoms with Crippen molar-refractivity contribution in [3.05, 3.63) is 96.1 Å². The fraction of sp³-hybridized carbons (Fsp3) is 0.286. The van der Waals surface area contributed by atoms with Gasteiger partial charge >= 0.3 is 6.03 Å². The van der Waals surface area contributed by atoms with Crippen molar-refractivity contribution in [2.45, 2.75) is 18.8 Å². The van der Waals surface area contributed by atoms with Crippen LogP contribution >= 0.6 is 0 Å². The number of nitrogens with one attached hydrogen (secondary N) is 2. The molecule has 0 unspecified atom stereocenters. The maximum absolute atomic E-state index is 13.2. The van der Waals surface area contributed by atoms with Crippen LogP contribution in [0.3, 0.4) is 0 Å². The van der Waals surface area contributed by atoms with E-state index in [1.54, 1.807) is 18.1 Å². The van der Waals surface area contributed by atoms with Gasteiger partial charge in [-0.05, 0) is 36.1 Å². The van der Waals surface area contributed by atoms with Crippen LogP contribution in [-0.2, 0) is 11.2 Å². The molecule has 1 heterocycles. The van der Waals surface area contributed by atoms with Crippen molar-refractivity contribution in [1.82, 2.24) is 10.2 Å². The molecule has 0 aliphatic carbocycles. The minimum absolute atomic E-state index is 0.00394. The number of ether oxygens (including phenoxy) is 1.